The summed E-state index contributed by atoms with van der Waals surface area (Å²) in [5, 5.41) is 9.15. The smallest absolute Gasteiger partial charge is 0.337 e. The van der Waals surface area contributed by atoms with Crippen LogP contribution in [0.2, 0.25) is 0 Å². The fourth-order valence-corrected chi connectivity index (χ4v) is 2.11. The lowest BCUT2D eigenvalue weighted by Crippen LogP contribution is -2.01. The molecule has 0 radical (unpaired) electrons. The third-order valence-electron chi connectivity index (χ3n) is 2.17. The molecule has 92 valence electrons. The normalized spacial score (nSPS) is 10.3. The first-order chi connectivity index (χ1) is 8.58. The molecule has 0 unspecified atom stereocenters. The molecule has 6 heteroatoms. The highest BCUT2D eigenvalue weighted by Crippen LogP contribution is 2.32. The third kappa shape index (κ3) is 2.60. The Labute approximate surface area is 107 Å². The van der Waals surface area contributed by atoms with Crippen molar-refractivity contribution in [2.24, 2.45) is 0 Å². The van der Waals surface area contributed by atoms with Crippen molar-refractivity contribution >= 4 is 23.4 Å². The maximum atomic E-state index is 13.4. The van der Waals surface area contributed by atoms with Gasteiger partial charge in [0.1, 0.15) is 10.8 Å². The van der Waals surface area contributed by atoms with Gasteiger partial charge in [-0.1, -0.05) is 23.9 Å². The van der Waals surface area contributed by atoms with Crippen LogP contribution in [0.15, 0.2) is 46.5 Å². The zero-order chi connectivity index (χ0) is 13.1. The average molecular weight is 264 g/mol. The summed E-state index contributed by atoms with van der Waals surface area (Å²) in [6, 6.07) is 7.53. The summed E-state index contributed by atoms with van der Waals surface area (Å²) in [4.78, 5) is 15.0. The molecule has 0 saturated heterocycles. The van der Waals surface area contributed by atoms with E-state index in [1.165, 1.54) is 18.3 Å². The Morgan fingerprint density at radius 3 is 2.72 bits per heavy atom. The molecule has 0 aliphatic carbocycles. The first-order valence-corrected chi connectivity index (χ1v) is 5.81. The molecule has 2 aromatic rings. The second-order valence-corrected chi connectivity index (χ2v) is 4.49. The molecule has 2 rings (SSSR count). The molecule has 4 nitrogen and oxygen atoms in total. The molecule has 1 aromatic carbocycles. The van der Waals surface area contributed by atoms with Crippen LogP contribution in [0.4, 0.5) is 10.1 Å². The highest BCUT2D eigenvalue weighted by molar-refractivity contribution is 7.99. The second-order valence-electron chi connectivity index (χ2n) is 3.46. The van der Waals surface area contributed by atoms with Gasteiger partial charge in [-0.05, 0) is 18.2 Å². The van der Waals surface area contributed by atoms with E-state index in [2.05, 4.69) is 4.98 Å². The number of nitrogens with zero attached hydrogens (tertiary/aromatic N) is 1. The lowest BCUT2D eigenvalue weighted by molar-refractivity contribution is 0.0696. The molecular formula is C12H9FN2O2S. The Morgan fingerprint density at radius 1 is 1.39 bits per heavy atom. The molecule has 0 aliphatic heterocycles. The van der Waals surface area contributed by atoms with E-state index in [-0.39, 0.29) is 17.1 Å². The molecule has 0 spiro atoms. The van der Waals surface area contributed by atoms with Crippen LogP contribution in [0.5, 0.6) is 0 Å². The molecule has 0 amide bonds. The third-order valence-corrected chi connectivity index (χ3v) is 3.25. The van der Waals surface area contributed by atoms with Crippen LogP contribution in [0.3, 0.4) is 0 Å². The van der Waals surface area contributed by atoms with Crippen molar-refractivity contribution in [3.05, 3.63) is 47.9 Å². The number of hydrogen-bond donors (Lipinski definition) is 2. The Morgan fingerprint density at radius 2 is 2.11 bits per heavy atom. The van der Waals surface area contributed by atoms with E-state index in [4.69, 9.17) is 10.8 Å². The monoisotopic (exact) mass is 264 g/mol. The molecule has 0 saturated carbocycles. The topological polar surface area (TPSA) is 76.2 Å². The van der Waals surface area contributed by atoms with Crippen LogP contribution < -0.4 is 5.73 Å². The molecule has 0 bridgehead atoms. The Hall–Kier alpha value is -2.08. The number of nitrogens with two attached hydrogens (primary N) is 1. The summed E-state index contributed by atoms with van der Waals surface area (Å²) in [5.74, 6) is -1.47. The number of carboxylic acids is 1. The number of anilines is 1. The summed E-state index contributed by atoms with van der Waals surface area (Å²) in [5.41, 5.74) is 5.90. The van der Waals surface area contributed by atoms with Crippen LogP contribution in [0.25, 0.3) is 0 Å². The minimum atomic E-state index is -1.10. The van der Waals surface area contributed by atoms with E-state index in [1.54, 1.807) is 18.2 Å². The molecule has 3 N–H and O–H groups in total. The van der Waals surface area contributed by atoms with Gasteiger partial charge in [0.15, 0.2) is 0 Å². The number of aromatic carboxylic acids is 1. The standard InChI is InChI=1S/C12H9FN2O2S/c13-8-3-1-2-4-10(8)18-11-9(14)5-7(6-15-11)12(16)17/h1-6H,14H2,(H,16,17). The number of pyridine rings is 1. The van der Waals surface area contributed by atoms with Gasteiger partial charge in [-0.3, -0.25) is 0 Å². The van der Waals surface area contributed by atoms with Gasteiger partial charge < -0.3 is 10.8 Å². The van der Waals surface area contributed by atoms with Gasteiger partial charge >= 0.3 is 5.97 Å². The summed E-state index contributed by atoms with van der Waals surface area (Å²) < 4.78 is 13.4. The zero-order valence-electron chi connectivity index (χ0n) is 9.13. The summed E-state index contributed by atoms with van der Waals surface area (Å²) in [6.07, 6.45) is 1.20. The Bertz CT molecular complexity index is 604. The van der Waals surface area contributed by atoms with Crippen LogP contribution in [-0.2, 0) is 0 Å². The quantitative estimate of drug-likeness (QED) is 0.891. The highest BCUT2D eigenvalue weighted by atomic mass is 32.2. The molecule has 0 fully saturated rings. The molecule has 1 aromatic heterocycles. The van der Waals surface area contributed by atoms with Crippen molar-refractivity contribution < 1.29 is 14.3 Å². The molecule has 0 atom stereocenters. The fourth-order valence-electron chi connectivity index (χ4n) is 1.30. The first-order valence-electron chi connectivity index (χ1n) is 4.99. The van der Waals surface area contributed by atoms with Gasteiger partial charge in [-0.15, -0.1) is 0 Å². The number of carbonyl (C=O) groups is 1. The van der Waals surface area contributed by atoms with Gasteiger partial charge in [0.05, 0.1) is 11.3 Å². The van der Waals surface area contributed by atoms with Crippen molar-refractivity contribution in [2.45, 2.75) is 9.92 Å². The lowest BCUT2D eigenvalue weighted by atomic mass is 10.3. The van der Waals surface area contributed by atoms with Gasteiger partial charge in [0, 0.05) is 11.1 Å². The SMILES string of the molecule is Nc1cc(C(=O)O)cnc1Sc1ccccc1F. The fraction of sp³-hybridized carbons (Fsp3) is 0. The minimum Gasteiger partial charge on any atom is -0.478 e. The predicted octanol–water partition coefficient (Wildman–Crippen LogP) is 2.65. The number of carboxylic acid groups (broad SMARTS) is 1. The maximum Gasteiger partial charge on any atom is 0.337 e. The zero-order valence-corrected chi connectivity index (χ0v) is 9.95. The van der Waals surface area contributed by atoms with E-state index in [0.717, 1.165) is 11.8 Å². The van der Waals surface area contributed by atoms with Crippen molar-refractivity contribution in [1.29, 1.82) is 0 Å². The van der Waals surface area contributed by atoms with Crippen LogP contribution in [0, 0.1) is 5.82 Å². The van der Waals surface area contributed by atoms with E-state index < -0.39 is 5.97 Å². The number of nitrogen functional groups attached to an aromatic ring is 1. The van der Waals surface area contributed by atoms with Gasteiger partial charge in [0.25, 0.3) is 0 Å². The molecular weight excluding hydrogens is 255 g/mol. The number of halogens is 1. The number of benzene rings is 1. The first kappa shape index (κ1) is 12.4. The Balaban J connectivity index is 2.30. The van der Waals surface area contributed by atoms with Crippen molar-refractivity contribution in [2.75, 3.05) is 5.73 Å². The van der Waals surface area contributed by atoms with E-state index in [1.807, 2.05) is 0 Å². The lowest BCUT2D eigenvalue weighted by Gasteiger charge is -2.05. The molecule has 1 heterocycles. The number of rotatable bonds is 3. The van der Waals surface area contributed by atoms with Crippen LogP contribution in [0.1, 0.15) is 10.4 Å². The van der Waals surface area contributed by atoms with Crippen molar-refractivity contribution in [3.63, 3.8) is 0 Å². The Kier molecular flexibility index (Phi) is 3.47. The second kappa shape index (κ2) is 5.05. The van der Waals surface area contributed by atoms with E-state index in [0.29, 0.717) is 9.92 Å². The van der Waals surface area contributed by atoms with Crippen LogP contribution in [-0.4, -0.2) is 16.1 Å². The summed E-state index contributed by atoms with van der Waals surface area (Å²) in [7, 11) is 0. The van der Waals surface area contributed by atoms with Crippen molar-refractivity contribution in [3.8, 4) is 0 Å². The van der Waals surface area contributed by atoms with E-state index >= 15 is 0 Å². The van der Waals surface area contributed by atoms with E-state index in [9.17, 15) is 9.18 Å². The van der Waals surface area contributed by atoms with Gasteiger partial charge in [-0.2, -0.15) is 0 Å². The van der Waals surface area contributed by atoms with Gasteiger partial charge in [-0.25, -0.2) is 14.2 Å². The largest absolute Gasteiger partial charge is 0.478 e. The maximum absolute atomic E-state index is 13.4. The average Bonchev–Trinajstić information content (AvgIpc) is 2.34. The van der Waals surface area contributed by atoms with Crippen molar-refractivity contribution in [1.82, 2.24) is 4.98 Å². The summed E-state index contributed by atoms with van der Waals surface area (Å²) in [6.45, 7) is 0. The highest BCUT2D eigenvalue weighted by Gasteiger charge is 2.10. The number of aromatic nitrogens is 1. The minimum absolute atomic E-state index is 0.00498. The number of hydrogen-bond acceptors (Lipinski definition) is 4. The van der Waals surface area contributed by atoms with Gasteiger partial charge in [0.2, 0.25) is 0 Å². The summed E-state index contributed by atoms with van der Waals surface area (Å²) >= 11 is 1.06. The van der Waals surface area contributed by atoms with Crippen LogP contribution >= 0.6 is 11.8 Å². The predicted molar refractivity (Wildman–Crippen MR) is 66.1 cm³/mol. The molecule has 18 heavy (non-hydrogen) atoms. The molecule has 0 aliphatic rings.